The van der Waals surface area contributed by atoms with Crippen LogP contribution in [0.4, 0.5) is 0 Å². The molecule has 5 heteroatoms. The summed E-state index contributed by atoms with van der Waals surface area (Å²) in [7, 11) is 3.19. The predicted molar refractivity (Wildman–Crippen MR) is 94.7 cm³/mol. The summed E-state index contributed by atoms with van der Waals surface area (Å²) in [5, 5.41) is 0. The molecule has 3 rings (SSSR count). The van der Waals surface area contributed by atoms with E-state index < -0.39 is 6.10 Å². The summed E-state index contributed by atoms with van der Waals surface area (Å²) in [6.45, 7) is 1.64. The molecule has 0 spiro atoms. The van der Waals surface area contributed by atoms with Gasteiger partial charge < -0.3 is 19.1 Å². The van der Waals surface area contributed by atoms with Gasteiger partial charge in [-0.3, -0.25) is 4.79 Å². The van der Waals surface area contributed by atoms with Crippen LogP contribution in [0.3, 0.4) is 0 Å². The third kappa shape index (κ3) is 3.77. The summed E-state index contributed by atoms with van der Waals surface area (Å²) in [6, 6.07) is 15.3. The highest BCUT2D eigenvalue weighted by atomic mass is 16.5. The zero-order chi connectivity index (χ0) is 17.6. The van der Waals surface area contributed by atoms with E-state index in [0.717, 1.165) is 23.3 Å². The lowest BCUT2D eigenvalue weighted by atomic mass is 10.1. The maximum Gasteiger partial charge on any atom is 0.256 e. The molecule has 0 radical (unpaired) electrons. The molecule has 0 N–H and O–H groups in total. The van der Waals surface area contributed by atoms with Gasteiger partial charge in [-0.25, -0.2) is 0 Å². The molecule has 1 aliphatic heterocycles. The van der Waals surface area contributed by atoms with Crippen LogP contribution in [0.25, 0.3) is 0 Å². The number of rotatable bonds is 4. The summed E-state index contributed by atoms with van der Waals surface area (Å²) in [5.74, 6) is 1.37. The van der Waals surface area contributed by atoms with Gasteiger partial charge >= 0.3 is 0 Å². The monoisotopic (exact) mass is 341 g/mol. The lowest BCUT2D eigenvalue weighted by Gasteiger charge is -2.30. The number of ether oxygens (including phenoxy) is 3. The highest BCUT2D eigenvalue weighted by Gasteiger charge is 2.27. The zero-order valence-corrected chi connectivity index (χ0v) is 14.6. The fourth-order valence-corrected chi connectivity index (χ4v) is 3.09. The molecule has 0 bridgehead atoms. The van der Waals surface area contributed by atoms with Crippen LogP contribution in [0.2, 0.25) is 0 Å². The molecule has 0 aromatic heterocycles. The number of hydrogen-bond acceptors (Lipinski definition) is 4. The summed E-state index contributed by atoms with van der Waals surface area (Å²) in [4.78, 5) is 14.9. The maximum absolute atomic E-state index is 13.1. The number of fused-ring (bicyclic) bond motifs is 1. The topological polar surface area (TPSA) is 48.0 Å². The average Bonchev–Trinajstić information content (AvgIpc) is 2.63. The van der Waals surface area contributed by atoms with Gasteiger partial charge in [0.05, 0.1) is 13.7 Å². The van der Waals surface area contributed by atoms with Crippen molar-refractivity contribution >= 4 is 5.91 Å². The second kappa shape index (κ2) is 8.03. The normalized spacial score (nSPS) is 15.4. The van der Waals surface area contributed by atoms with E-state index in [9.17, 15) is 4.79 Å². The first kappa shape index (κ1) is 17.3. The largest absolute Gasteiger partial charge is 0.493 e. The highest BCUT2D eigenvalue weighted by Crippen LogP contribution is 2.33. The van der Waals surface area contributed by atoms with Crippen molar-refractivity contribution in [3.05, 3.63) is 59.7 Å². The molecule has 0 aliphatic carbocycles. The van der Waals surface area contributed by atoms with E-state index in [1.54, 1.807) is 14.2 Å². The second-order valence-electron chi connectivity index (χ2n) is 5.94. The van der Waals surface area contributed by atoms with Crippen LogP contribution in [-0.2, 0) is 16.1 Å². The average molecular weight is 341 g/mol. The van der Waals surface area contributed by atoms with Gasteiger partial charge in [-0.2, -0.15) is 0 Å². The van der Waals surface area contributed by atoms with Crippen molar-refractivity contribution in [2.75, 3.05) is 27.4 Å². The van der Waals surface area contributed by atoms with Crippen LogP contribution in [-0.4, -0.2) is 38.2 Å². The summed E-state index contributed by atoms with van der Waals surface area (Å²) >= 11 is 0. The van der Waals surface area contributed by atoms with Crippen molar-refractivity contribution in [1.82, 2.24) is 4.90 Å². The van der Waals surface area contributed by atoms with Crippen molar-refractivity contribution in [1.29, 1.82) is 0 Å². The van der Waals surface area contributed by atoms with Gasteiger partial charge in [-0.15, -0.1) is 0 Å². The quantitative estimate of drug-likeness (QED) is 0.857. The Morgan fingerprint density at radius 1 is 1.12 bits per heavy atom. The minimum absolute atomic E-state index is 0.0376. The Hall–Kier alpha value is -2.53. The van der Waals surface area contributed by atoms with Crippen LogP contribution in [0, 0.1) is 0 Å². The maximum atomic E-state index is 13.1. The molecule has 2 aromatic rings. The van der Waals surface area contributed by atoms with E-state index in [0.29, 0.717) is 25.4 Å². The molecule has 25 heavy (non-hydrogen) atoms. The molecular weight excluding hydrogens is 318 g/mol. The highest BCUT2D eigenvalue weighted by molar-refractivity contribution is 5.82. The van der Waals surface area contributed by atoms with Crippen molar-refractivity contribution < 1.29 is 19.0 Å². The number of nitrogens with zero attached hydrogens (tertiary/aromatic N) is 1. The van der Waals surface area contributed by atoms with Crippen LogP contribution in [0.5, 0.6) is 11.5 Å². The predicted octanol–water partition coefficient (Wildman–Crippen LogP) is 3.19. The molecule has 0 fully saturated rings. The fraction of sp³-hybridized carbons (Fsp3) is 0.350. The molecule has 2 aromatic carbocycles. The first-order valence-corrected chi connectivity index (χ1v) is 8.39. The van der Waals surface area contributed by atoms with Crippen LogP contribution < -0.4 is 9.47 Å². The summed E-state index contributed by atoms with van der Waals surface area (Å²) in [5.41, 5.74) is 1.80. The minimum atomic E-state index is -0.601. The third-order valence-corrected chi connectivity index (χ3v) is 4.33. The smallest absolute Gasteiger partial charge is 0.256 e. The van der Waals surface area contributed by atoms with Crippen LogP contribution >= 0.6 is 0 Å². The Morgan fingerprint density at radius 3 is 2.64 bits per heavy atom. The Kier molecular flexibility index (Phi) is 5.56. The first-order chi connectivity index (χ1) is 12.2. The SMILES string of the molecule is COc1cccc2c1OCCCN(C(=O)[C@@H](OC)c1ccccc1)C2. The number of carbonyl (C=O) groups is 1. The van der Waals surface area contributed by atoms with Gasteiger partial charge in [0.25, 0.3) is 5.91 Å². The molecule has 1 heterocycles. The molecule has 1 aliphatic rings. The molecular formula is C20H23NO4. The number of carbonyl (C=O) groups excluding carboxylic acids is 1. The van der Waals surface area contributed by atoms with Crippen LogP contribution in [0.15, 0.2) is 48.5 Å². The number of benzene rings is 2. The molecule has 1 amide bonds. The van der Waals surface area contributed by atoms with Gasteiger partial charge in [-0.05, 0) is 18.1 Å². The van der Waals surface area contributed by atoms with E-state index >= 15 is 0 Å². The number of para-hydroxylation sites is 1. The fourth-order valence-electron chi connectivity index (χ4n) is 3.09. The molecule has 0 saturated heterocycles. The molecule has 0 unspecified atom stereocenters. The minimum Gasteiger partial charge on any atom is -0.493 e. The van der Waals surface area contributed by atoms with Gasteiger partial charge in [0.2, 0.25) is 0 Å². The number of methoxy groups -OCH3 is 2. The number of amides is 1. The summed E-state index contributed by atoms with van der Waals surface area (Å²) in [6.07, 6.45) is 0.157. The molecule has 132 valence electrons. The first-order valence-electron chi connectivity index (χ1n) is 8.39. The second-order valence-corrected chi connectivity index (χ2v) is 5.94. The zero-order valence-electron chi connectivity index (χ0n) is 14.6. The Morgan fingerprint density at radius 2 is 1.92 bits per heavy atom. The molecule has 0 saturated carbocycles. The van der Waals surface area contributed by atoms with E-state index in [1.807, 2.05) is 53.4 Å². The van der Waals surface area contributed by atoms with Crippen molar-refractivity contribution in [3.63, 3.8) is 0 Å². The van der Waals surface area contributed by atoms with Crippen LogP contribution in [0.1, 0.15) is 23.7 Å². The third-order valence-electron chi connectivity index (χ3n) is 4.33. The Balaban J connectivity index is 1.87. The van der Waals surface area contributed by atoms with Gasteiger partial charge in [-0.1, -0.05) is 42.5 Å². The van der Waals surface area contributed by atoms with Gasteiger partial charge in [0.15, 0.2) is 17.6 Å². The lowest BCUT2D eigenvalue weighted by Crippen LogP contribution is -2.37. The molecule has 1 atom stereocenters. The molecule has 5 nitrogen and oxygen atoms in total. The van der Waals surface area contributed by atoms with E-state index in [4.69, 9.17) is 14.2 Å². The Labute approximate surface area is 148 Å². The van der Waals surface area contributed by atoms with Crippen molar-refractivity contribution in [2.45, 2.75) is 19.1 Å². The standard InChI is InChI=1S/C20H23NO4/c1-23-17-11-6-10-16-14-21(12-7-13-25-18(16)17)20(22)19(24-2)15-8-4-3-5-9-15/h3-6,8-11,19H,7,12-14H2,1-2H3/t19-/m0/s1. The van der Waals surface area contributed by atoms with E-state index in [-0.39, 0.29) is 5.91 Å². The van der Waals surface area contributed by atoms with Crippen molar-refractivity contribution in [3.8, 4) is 11.5 Å². The lowest BCUT2D eigenvalue weighted by molar-refractivity contribution is -0.143. The number of hydrogen-bond donors (Lipinski definition) is 0. The van der Waals surface area contributed by atoms with E-state index in [1.165, 1.54) is 0 Å². The van der Waals surface area contributed by atoms with E-state index in [2.05, 4.69) is 0 Å². The summed E-state index contributed by atoms with van der Waals surface area (Å²) < 4.78 is 16.8. The van der Waals surface area contributed by atoms with Gasteiger partial charge in [0, 0.05) is 25.8 Å². The van der Waals surface area contributed by atoms with Crippen molar-refractivity contribution in [2.24, 2.45) is 0 Å². The van der Waals surface area contributed by atoms with Gasteiger partial charge in [0.1, 0.15) is 0 Å². The Bertz CT molecular complexity index is 717.